The first-order chi connectivity index (χ1) is 13.1. The van der Waals surface area contributed by atoms with Crippen LogP contribution in [0.1, 0.15) is 52.7 Å². The average molecular weight is 402 g/mol. The lowest BCUT2D eigenvalue weighted by atomic mass is 9.68. The third kappa shape index (κ3) is 2.59. The Morgan fingerprint density at radius 3 is 2.56 bits per heavy atom. The normalized spacial score (nSPS) is 30.4. The molecule has 5 atom stereocenters. The number of ether oxygens (including phenoxy) is 1. The van der Waals surface area contributed by atoms with Gasteiger partial charge < -0.3 is 10.1 Å². The van der Waals surface area contributed by atoms with Crippen LogP contribution < -0.4 is 5.32 Å². The molecule has 0 saturated heterocycles. The van der Waals surface area contributed by atoms with Crippen LogP contribution in [0.25, 0.3) is 0 Å². The minimum Gasteiger partial charge on any atom is -0.465 e. The molecule has 2 aliphatic carbocycles. The first-order valence-corrected chi connectivity index (χ1v) is 10.3. The summed E-state index contributed by atoms with van der Waals surface area (Å²) in [5.41, 5.74) is 4.07. The minimum absolute atomic E-state index is 0.181. The second-order valence-electron chi connectivity index (χ2n) is 8.00. The lowest BCUT2D eigenvalue weighted by molar-refractivity contribution is 0.0600. The molecule has 5 heteroatoms. The maximum Gasteiger partial charge on any atom is 0.337 e. The molecule has 5 rings (SSSR count). The van der Waals surface area contributed by atoms with Crippen LogP contribution in [-0.4, -0.2) is 13.1 Å². The molecule has 27 heavy (non-hydrogen) atoms. The number of rotatable bonds is 2. The maximum atomic E-state index is 11.8. The quantitative estimate of drug-likeness (QED) is 0.619. The second kappa shape index (κ2) is 6.42. The van der Waals surface area contributed by atoms with E-state index in [0.717, 1.165) is 17.5 Å². The van der Waals surface area contributed by atoms with Gasteiger partial charge in [-0.15, -0.1) is 0 Å². The summed E-state index contributed by atoms with van der Waals surface area (Å²) in [5, 5.41) is 4.91. The monoisotopic (exact) mass is 401 g/mol. The molecule has 0 radical (unpaired) electrons. The molecule has 2 aromatic carbocycles. The van der Waals surface area contributed by atoms with Crippen LogP contribution in [0.4, 0.5) is 5.69 Å². The summed E-state index contributed by atoms with van der Waals surface area (Å²) in [6, 6.07) is 12.0. The van der Waals surface area contributed by atoms with Crippen molar-refractivity contribution in [3.05, 3.63) is 63.1 Å². The SMILES string of the molecule is COC(=O)c1ccc([C@@H]2Nc3c(ccc(Cl)c3Cl)[C@H]3[C@H]4CC[C@@H](C4)[C@@H]32)cc1. The smallest absolute Gasteiger partial charge is 0.337 e. The highest BCUT2D eigenvalue weighted by Crippen LogP contribution is 2.64. The van der Waals surface area contributed by atoms with Crippen LogP contribution in [0.3, 0.4) is 0 Å². The summed E-state index contributed by atoms with van der Waals surface area (Å²) < 4.78 is 4.82. The van der Waals surface area contributed by atoms with E-state index < -0.39 is 0 Å². The predicted molar refractivity (Wildman–Crippen MR) is 108 cm³/mol. The topological polar surface area (TPSA) is 38.3 Å². The van der Waals surface area contributed by atoms with E-state index >= 15 is 0 Å². The van der Waals surface area contributed by atoms with Crippen LogP contribution >= 0.6 is 23.2 Å². The zero-order valence-electron chi connectivity index (χ0n) is 15.0. The van der Waals surface area contributed by atoms with Gasteiger partial charge in [0.2, 0.25) is 0 Å². The van der Waals surface area contributed by atoms with Crippen molar-refractivity contribution in [1.82, 2.24) is 0 Å². The van der Waals surface area contributed by atoms with Gasteiger partial charge in [0, 0.05) is 0 Å². The summed E-state index contributed by atoms with van der Waals surface area (Å²) in [7, 11) is 1.40. The lowest BCUT2D eigenvalue weighted by Gasteiger charge is -2.44. The van der Waals surface area contributed by atoms with Gasteiger partial charge in [0.15, 0.2) is 0 Å². The summed E-state index contributed by atoms with van der Waals surface area (Å²) in [6.07, 6.45) is 3.91. The van der Waals surface area contributed by atoms with E-state index in [0.29, 0.717) is 27.4 Å². The highest BCUT2D eigenvalue weighted by molar-refractivity contribution is 6.43. The molecular formula is C22H21Cl2NO2. The highest BCUT2D eigenvalue weighted by atomic mass is 35.5. The van der Waals surface area contributed by atoms with Crippen molar-refractivity contribution in [2.24, 2.45) is 17.8 Å². The predicted octanol–water partition coefficient (Wildman–Crippen LogP) is 6.08. The Bertz CT molecular complexity index is 911. The summed E-state index contributed by atoms with van der Waals surface area (Å²) >= 11 is 12.9. The molecule has 2 aromatic rings. The van der Waals surface area contributed by atoms with Crippen molar-refractivity contribution >= 4 is 34.9 Å². The number of benzene rings is 2. The number of carbonyl (C=O) groups is 1. The van der Waals surface area contributed by atoms with Crippen LogP contribution in [-0.2, 0) is 4.74 Å². The second-order valence-corrected chi connectivity index (χ2v) is 8.78. The molecular weight excluding hydrogens is 381 g/mol. The van der Waals surface area contributed by atoms with Gasteiger partial charge in [-0.3, -0.25) is 0 Å². The van der Waals surface area contributed by atoms with E-state index in [1.807, 2.05) is 30.3 Å². The van der Waals surface area contributed by atoms with Gasteiger partial charge in [0.05, 0.1) is 34.4 Å². The molecule has 3 aliphatic rings. The van der Waals surface area contributed by atoms with Gasteiger partial charge in [0.25, 0.3) is 0 Å². The fourth-order valence-corrected chi connectivity index (χ4v) is 6.15. The van der Waals surface area contributed by atoms with E-state index in [9.17, 15) is 4.79 Å². The van der Waals surface area contributed by atoms with E-state index in [-0.39, 0.29) is 12.0 Å². The molecule has 1 heterocycles. The molecule has 2 fully saturated rings. The summed E-state index contributed by atoms with van der Waals surface area (Å²) in [5.74, 6) is 2.24. The molecule has 0 aromatic heterocycles. The van der Waals surface area contributed by atoms with Crippen molar-refractivity contribution < 1.29 is 9.53 Å². The van der Waals surface area contributed by atoms with Gasteiger partial charge >= 0.3 is 5.97 Å². The van der Waals surface area contributed by atoms with Crippen LogP contribution in [0.2, 0.25) is 10.0 Å². The fourth-order valence-electron chi connectivity index (χ4n) is 5.77. The first kappa shape index (κ1) is 17.4. The fraction of sp³-hybridized carbons (Fsp3) is 0.409. The van der Waals surface area contributed by atoms with Crippen molar-refractivity contribution in [3.63, 3.8) is 0 Å². The number of carbonyl (C=O) groups excluding carboxylic acids is 1. The summed E-state index contributed by atoms with van der Waals surface area (Å²) in [6.45, 7) is 0. The van der Waals surface area contributed by atoms with Crippen molar-refractivity contribution in [2.45, 2.75) is 31.2 Å². The number of nitrogens with one attached hydrogen (secondary N) is 1. The van der Waals surface area contributed by atoms with Crippen molar-refractivity contribution in [1.29, 1.82) is 0 Å². The average Bonchev–Trinajstić information content (AvgIpc) is 3.32. The number of methoxy groups -OCH3 is 1. The van der Waals surface area contributed by atoms with E-state index in [4.69, 9.17) is 27.9 Å². The Kier molecular flexibility index (Phi) is 4.14. The Morgan fingerprint density at radius 2 is 1.81 bits per heavy atom. The van der Waals surface area contributed by atoms with Crippen LogP contribution in [0.15, 0.2) is 36.4 Å². The Hall–Kier alpha value is -1.71. The standard InChI is InChI=1S/C22H21Cl2NO2/c1-27-22(26)12-4-2-11(3-5-12)20-18-14-7-6-13(10-14)17(18)15-8-9-16(23)19(24)21(15)25-20/h2-5,8-9,13-14,17-18,20,25H,6-7,10H2,1H3/t13-,14-,17+,18-,20-/m0/s1. The van der Waals surface area contributed by atoms with Crippen LogP contribution in [0.5, 0.6) is 0 Å². The van der Waals surface area contributed by atoms with Crippen molar-refractivity contribution in [2.75, 3.05) is 12.4 Å². The molecule has 2 saturated carbocycles. The van der Waals surface area contributed by atoms with Gasteiger partial charge in [0.1, 0.15) is 0 Å². The van der Waals surface area contributed by atoms with Gasteiger partial charge in [-0.2, -0.15) is 0 Å². The number of hydrogen-bond donors (Lipinski definition) is 1. The Morgan fingerprint density at radius 1 is 1.07 bits per heavy atom. The molecule has 0 amide bonds. The molecule has 1 N–H and O–H groups in total. The van der Waals surface area contributed by atoms with Crippen LogP contribution in [0, 0.1) is 17.8 Å². The largest absolute Gasteiger partial charge is 0.465 e. The Labute approximate surface area is 169 Å². The third-order valence-electron chi connectivity index (χ3n) is 6.84. The van der Waals surface area contributed by atoms with E-state index in [1.165, 1.54) is 37.5 Å². The van der Waals surface area contributed by atoms with Crippen molar-refractivity contribution in [3.8, 4) is 0 Å². The zero-order chi connectivity index (χ0) is 18.7. The first-order valence-electron chi connectivity index (χ1n) is 9.51. The molecule has 3 nitrogen and oxygen atoms in total. The lowest BCUT2D eigenvalue weighted by Crippen LogP contribution is -2.35. The maximum absolute atomic E-state index is 11.8. The number of anilines is 1. The van der Waals surface area contributed by atoms with Gasteiger partial charge in [-0.05, 0) is 72.3 Å². The highest BCUT2D eigenvalue weighted by Gasteiger charge is 2.54. The van der Waals surface area contributed by atoms with Gasteiger partial charge in [-0.25, -0.2) is 4.79 Å². The molecule has 1 aliphatic heterocycles. The number of esters is 1. The van der Waals surface area contributed by atoms with E-state index in [1.54, 1.807) is 0 Å². The van der Waals surface area contributed by atoms with Gasteiger partial charge in [-0.1, -0.05) is 41.4 Å². The minimum atomic E-state index is -0.309. The van der Waals surface area contributed by atoms with E-state index in [2.05, 4.69) is 11.4 Å². The Balaban J connectivity index is 1.58. The molecule has 0 unspecified atom stereocenters. The summed E-state index contributed by atoms with van der Waals surface area (Å²) in [4.78, 5) is 11.8. The molecule has 140 valence electrons. The number of hydrogen-bond acceptors (Lipinski definition) is 3. The molecule has 2 bridgehead atoms. The number of halogens is 2. The molecule has 0 spiro atoms. The third-order valence-corrected chi connectivity index (χ3v) is 7.65. The number of fused-ring (bicyclic) bond motifs is 7. The zero-order valence-corrected chi connectivity index (χ0v) is 16.6.